The molecule has 6 heteroatoms. The average molecular weight is 451 g/mol. The van der Waals surface area contributed by atoms with Crippen LogP contribution in [-0.4, -0.2) is 23.4 Å². The maximum atomic E-state index is 13.1. The fourth-order valence-corrected chi connectivity index (χ4v) is 5.51. The van der Waals surface area contributed by atoms with Crippen LogP contribution in [0.4, 0.5) is 4.79 Å². The summed E-state index contributed by atoms with van der Waals surface area (Å²) >= 11 is 1.93. The Hall–Kier alpha value is -2.73. The van der Waals surface area contributed by atoms with Gasteiger partial charge in [-0.25, -0.2) is 9.59 Å². The third kappa shape index (κ3) is 5.36. The molecule has 1 fully saturated rings. The van der Waals surface area contributed by atoms with Crippen LogP contribution in [0.3, 0.4) is 0 Å². The first kappa shape index (κ1) is 22.5. The molecule has 0 spiro atoms. The minimum absolute atomic E-state index is 0.264. The number of rotatable bonds is 6. The Morgan fingerprint density at radius 3 is 2.34 bits per heavy atom. The Balaban J connectivity index is 1.67. The van der Waals surface area contributed by atoms with Crippen LogP contribution >= 0.6 is 11.8 Å². The van der Waals surface area contributed by atoms with E-state index in [1.165, 1.54) is 37.0 Å². The third-order valence-corrected chi connectivity index (χ3v) is 7.11. The molecule has 1 saturated carbocycles. The van der Waals surface area contributed by atoms with Gasteiger partial charge < -0.3 is 15.4 Å². The lowest BCUT2D eigenvalue weighted by Gasteiger charge is -2.30. The molecule has 2 aromatic rings. The summed E-state index contributed by atoms with van der Waals surface area (Å²) in [5.41, 5.74) is 2.53. The highest BCUT2D eigenvalue weighted by atomic mass is 32.2. The number of carbonyl (C=O) groups excluding carboxylic acids is 2. The van der Waals surface area contributed by atoms with Crippen LogP contribution in [0.1, 0.15) is 63.1 Å². The van der Waals surface area contributed by atoms with Gasteiger partial charge in [-0.3, -0.25) is 0 Å². The molecule has 32 heavy (non-hydrogen) atoms. The van der Waals surface area contributed by atoms with Crippen molar-refractivity contribution < 1.29 is 14.3 Å². The SMILES string of the molecule is CC(C)OC(=O)C1=C(c2ccccc2)NC(=O)NC1c1ccc(SC2CCCCC2)cc1. The number of benzene rings is 2. The molecule has 2 aromatic carbocycles. The summed E-state index contributed by atoms with van der Waals surface area (Å²) in [6, 6.07) is 16.7. The molecule has 1 heterocycles. The normalized spacial score (nSPS) is 19.5. The molecule has 4 rings (SSSR count). The summed E-state index contributed by atoms with van der Waals surface area (Å²) < 4.78 is 5.56. The fourth-order valence-electron chi connectivity index (χ4n) is 4.26. The van der Waals surface area contributed by atoms with Crippen molar-refractivity contribution >= 4 is 29.5 Å². The van der Waals surface area contributed by atoms with E-state index in [1.54, 1.807) is 0 Å². The van der Waals surface area contributed by atoms with E-state index in [4.69, 9.17) is 4.74 Å². The van der Waals surface area contributed by atoms with Crippen molar-refractivity contribution in [3.8, 4) is 0 Å². The second-order valence-electron chi connectivity index (χ2n) is 8.59. The number of carbonyl (C=O) groups is 2. The molecule has 1 aliphatic carbocycles. The Bertz CT molecular complexity index is 980. The van der Waals surface area contributed by atoms with E-state index in [2.05, 4.69) is 22.8 Å². The van der Waals surface area contributed by atoms with E-state index in [1.807, 2.05) is 68.1 Å². The summed E-state index contributed by atoms with van der Waals surface area (Å²) in [5, 5.41) is 6.42. The smallest absolute Gasteiger partial charge is 0.338 e. The second kappa shape index (κ2) is 10.3. The van der Waals surface area contributed by atoms with E-state index >= 15 is 0 Å². The Morgan fingerprint density at radius 1 is 1.00 bits per heavy atom. The summed E-state index contributed by atoms with van der Waals surface area (Å²) in [6.07, 6.45) is 6.24. The second-order valence-corrected chi connectivity index (χ2v) is 9.96. The zero-order valence-electron chi connectivity index (χ0n) is 18.6. The predicted octanol–water partition coefficient (Wildman–Crippen LogP) is 5.83. The molecule has 0 bridgehead atoms. The minimum atomic E-state index is -0.584. The van der Waals surface area contributed by atoms with Crippen LogP contribution in [0.15, 0.2) is 65.1 Å². The molecule has 1 atom stereocenters. The zero-order chi connectivity index (χ0) is 22.5. The number of nitrogens with one attached hydrogen (secondary N) is 2. The predicted molar refractivity (Wildman–Crippen MR) is 128 cm³/mol. The van der Waals surface area contributed by atoms with Gasteiger partial charge >= 0.3 is 12.0 Å². The standard InChI is InChI=1S/C26H30N2O3S/c1-17(2)31-25(29)22-23(18-9-5-3-6-10-18)27-26(30)28-24(22)19-13-15-21(16-14-19)32-20-11-7-4-8-12-20/h3,5-6,9-10,13-17,20,24H,4,7-8,11-12H2,1-2H3,(H2,27,28,30). The molecule has 168 valence electrons. The van der Waals surface area contributed by atoms with Crippen molar-refractivity contribution in [1.82, 2.24) is 10.6 Å². The Morgan fingerprint density at radius 2 is 1.69 bits per heavy atom. The van der Waals surface area contributed by atoms with Crippen LogP contribution in [0.2, 0.25) is 0 Å². The van der Waals surface area contributed by atoms with Crippen molar-refractivity contribution in [3.05, 3.63) is 71.3 Å². The van der Waals surface area contributed by atoms with Gasteiger partial charge in [-0.2, -0.15) is 0 Å². The van der Waals surface area contributed by atoms with Crippen LogP contribution in [-0.2, 0) is 9.53 Å². The molecule has 1 unspecified atom stereocenters. The number of ether oxygens (including phenoxy) is 1. The van der Waals surface area contributed by atoms with Gasteiger partial charge in [0.2, 0.25) is 0 Å². The number of amides is 2. The molecule has 2 N–H and O–H groups in total. The van der Waals surface area contributed by atoms with Crippen molar-refractivity contribution in [3.63, 3.8) is 0 Å². The molecular formula is C26H30N2O3S. The highest BCUT2D eigenvalue weighted by Crippen LogP contribution is 2.36. The van der Waals surface area contributed by atoms with Gasteiger partial charge in [-0.15, -0.1) is 11.8 Å². The van der Waals surface area contributed by atoms with E-state index in [9.17, 15) is 9.59 Å². The average Bonchev–Trinajstić information content (AvgIpc) is 2.80. The number of hydrogen-bond acceptors (Lipinski definition) is 4. The molecule has 0 saturated heterocycles. The first-order valence-corrected chi connectivity index (χ1v) is 12.2. The van der Waals surface area contributed by atoms with Gasteiger partial charge in [0, 0.05) is 10.1 Å². The van der Waals surface area contributed by atoms with Crippen LogP contribution in [0, 0.1) is 0 Å². The highest BCUT2D eigenvalue weighted by Gasteiger charge is 2.34. The number of thioether (sulfide) groups is 1. The van der Waals surface area contributed by atoms with Gasteiger partial charge in [0.05, 0.1) is 23.4 Å². The summed E-state index contributed by atoms with van der Waals surface area (Å²) in [5.74, 6) is -0.433. The lowest BCUT2D eigenvalue weighted by atomic mass is 9.92. The molecule has 1 aliphatic heterocycles. The zero-order valence-corrected chi connectivity index (χ0v) is 19.4. The fraction of sp³-hybridized carbons (Fsp3) is 0.385. The minimum Gasteiger partial charge on any atom is -0.459 e. The number of esters is 1. The van der Waals surface area contributed by atoms with E-state index in [0.717, 1.165) is 11.1 Å². The summed E-state index contributed by atoms with van der Waals surface area (Å²) in [4.78, 5) is 26.9. The van der Waals surface area contributed by atoms with Gasteiger partial charge in [0.25, 0.3) is 0 Å². The quantitative estimate of drug-likeness (QED) is 0.544. The number of hydrogen-bond donors (Lipinski definition) is 2. The lowest BCUT2D eigenvalue weighted by Crippen LogP contribution is -2.45. The number of urea groups is 1. The highest BCUT2D eigenvalue weighted by molar-refractivity contribution is 8.00. The van der Waals surface area contributed by atoms with Gasteiger partial charge in [-0.1, -0.05) is 61.7 Å². The van der Waals surface area contributed by atoms with Crippen molar-refractivity contribution in [2.45, 2.75) is 68.2 Å². The molecular weight excluding hydrogens is 420 g/mol. The van der Waals surface area contributed by atoms with Crippen LogP contribution in [0.25, 0.3) is 5.70 Å². The summed E-state index contributed by atoms with van der Waals surface area (Å²) in [7, 11) is 0. The molecule has 0 aromatic heterocycles. The largest absolute Gasteiger partial charge is 0.459 e. The van der Waals surface area contributed by atoms with E-state index in [0.29, 0.717) is 16.5 Å². The lowest BCUT2D eigenvalue weighted by molar-refractivity contribution is -0.143. The van der Waals surface area contributed by atoms with Crippen molar-refractivity contribution in [2.24, 2.45) is 0 Å². The van der Waals surface area contributed by atoms with Gasteiger partial charge in [-0.05, 0) is 49.9 Å². The van der Waals surface area contributed by atoms with Crippen molar-refractivity contribution in [1.29, 1.82) is 0 Å². The monoisotopic (exact) mass is 450 g/mol. The molecule has 2 aliphatic rings. The molecule has 2 amide bonds. The Labute approximate surface area is 194 Å². The van der Waals surface area contributed by atoms with Crippen LogP contribution < -0.4 is 10.6 Å². The third-order valence-electron chi connectivity index (χ3n) is 5.77. The Kier molecular flexibility index (Phi) is 7.20. The molecule has 0 radical (unpaired) electrons. The van der Waals surface area contributed by atoms with E-state index in [-0.39, 0.29) is 12.1 Å². The summed E-state index contributed by atoms with van der Waals surface area (Å²) in [6.45, 7) is 3.64. The van der Waals surface area contributed by atoms with Gasteiger partial charge in [0.1, 0.15) is 0 Å². The molecule has 5 nitrogen and oxygen atoms in total. The topological polar surface area (TPSA) is 67.4 Å². The maximum absolute atomic E-state index is 13.1. The first-order chi connectivity index (χ1) is 15.5. The first-order valence-electron chi connectivity index (χ1n) is 11.4. The van der Waals surface area contributed by atoms with Gasteiger partial charge in [0.15, 0.2) is 0 Å². The van der Waals surface area contributed by atoms with Crippen molar-refractivity contribution in [2.75, 3.05) is 0 Å². The van der Waals surface area contributed by atoms with E-state index < -0.39 is 12.0 Å². The maximum Gasteiger partial charge on any atom is 0.338 e. The van der Waals surface area contributed by atoms with Crippen LogP contribution in [0.5, 0.6) is 0 Å².